The third kappa shape index (κ3) is 2.22. The molecule has 0 heterocycles. The highest BCUT2D eigenvalue weighted by atomic mass is 19.1. The van der Waals surface area contributed by atoms with Crippen molar-refractivity contribution in [2.75, 3.05) is 7.11 Å². The molecule has 3 nitrogen and oxygen atoms in total. The molecule has 4 heteroatoms. The van der Waals surface area contributed by atoms with Gasteiger partial charge in [-0.1, -0.05) is 0 Å². The number of aromatic hydroxyl groups is 1. The number of benzene rings is 1. The maximum absolute atomic E-state index is 13.2. The SMILES string of the molecule is COc1cc(O)c(F)c(CCC=O)c1. The molecule has 0 atom stereocenters. The number of hydrogen-bond donors (Lipinski definition) is 1. The second-order valence-corrected chi connectivity index (χ2v) is 2.82. The molecule has 1 rings (SSSR count). The van der Waals surface area contributed by atoms with Crippen LogP contribution in [0.3, 0.4) is 0 Å². The maximum atomic E-state index is 13.2. The van der Waals surface area contributed by atoms with Crippen LogP contribution >= 0.6 is 0 Å². The summed E-state index contributed by atoms with van der Waals surface area (Å²) in [5, 5.41) is 9.17. The Balaban J connectivity index is 3.00. The van der Waals surface area contributed by atoms with Crippen molar-refractivity contribution < 1.29 is 19.0 Å². The van der Waals surface area contributed by atoms with Crippen molar-refractivity contribution in [3.63, 3.8) is 0 Å². The van der Waals surface area contributed by atoms with Gasteiger partial charge < -0.3 is 14.6 Å². The molecule has 14 heavy (non-hydrogen) atoms. The fourth-order valence-electron chi connectivity index (χ4n) is 1.15. The quantitative estimate of drug-likeness (QED) is 0.748. The average molecular weight is 198 g/mol. The van der Waals surface area contributed by atoms with Crippen LogP contribution in [-0.4, -0.2) is 18.5 Å². The Morgan fingerprint density at radius 3 is 2.86 bits per heavy atom. The topological polar surface area (TPSA) is 46.5 Å². The zero-order valence-corrected chi connectivity index (χ0v) is 7.79. The second kappa shape index (κ2) is 4.60. The molecule has 76 valence electrons. The van der Waals surface area contributed by atoms with Crippen LogP contribution in [0, 0.1) is 5.82 Å². The number of aldehydes is 1. The molecule has 0 saturated heterocycles. The van der Waals surface area contributed by atoms with Gasteiger partial charge in [-0.25, -0.2) is 4.39 Å². The number of methoxy groups -OCH3 is 1. The van der Waals surface area contributed by atoms with Crippen LogP contribution in [-0.2, 0) is 11.2 Å². The lowest BCUT2D eigenvalue weighted by Gasteiger charge is -2.06. The smallest absolute Gasteiger partial charge is 0.168 e. The van der Waals surface area contributed by atoms with Crippen LogP contribution in [0.1, 0.15) is 12.0 Å². The third-order valence-corrected chi connectivity index (χ3v) is 1.87. The van der Waals surface area contributed by atoms with E-state index >= 15 is 0 Å². The normalized spacial score (nSPS) is 9.86. The summed E-state index contributed by atoms with van der Waals surface area (Å²) in [7, 11) is 1.43. The number of carbonyl (C=O) groups is 1. The van der Waals surface area contributed by atoms with E-state index in [4.69, 9.17) is 9.84 Å². The first kappa shape index (κ1) is 10.5. The van der Waals surface area contributed by atoms with Crippen molar-refractivity contribution in [2.24, 2.45) is 0 Å². The van der Waals surface area contributed by atoms with E-state index in [1.165, 1.54) is 19.2 Å². The Hall–Kier alpha value is -1.58. The molecule has 0 saturated carbocycles. The van der Waals surface area contributed by atoms with Gasteiger partial charge in [-0.15, -0.1) is 0 Å². The first-order valence-electron chi connectivity index (χ1n) is 4.18. The van der Waals surface area contributed by atoms with Crippen molar-refractivity contribution in [1.29, 1.82) is 0 Å². The van der Waals surface area contributed by atoms with Gasteiger partial charge in [0.25, 0.3) is 0 Å². The monoisotopic (exact) mass is 198 g/mol. The minimum absolute atomic E-state index is 0.226. The Morgan fingerprint density at radius 1 is 1.57 bits per heavy atom. The highest BCUT2D eigenvalue weighted by Gasteiger charge is 2.09. The van der Waals surface area contributed by atoms with Crippen LogP contribution < -0.4 is 4.74 Å². The van der Waals surface area contributed by atoms with Crippen LogP contribution in [0.4, 0.5) is 4.39 Å². The molecular formula is C10H11FO3. The summed E-state index contributed by atoms with van der Waals surface area (Å²) in [5.74, 6) is -0.761. The van der Waals surface area contributed by atoms with Gasteiger partial charge in [0.05, 0.1) is 7.11 Å². The number of phenolic OH excluding ortho intramolecular Hbond substituents is 1. The van der Waals surface area contributed by atoms with Gasteiger partial charge in [-0.2, -0.15) is 0 Å². The maximum Gasteiger partial charge on any atom is 0.168 e. The van der Waals surface area contributed by atoms with E-state index in [0.29, 0.717) is 12.0 Å². The Labute approximate surface area is 81.1 Å². The fraction of sp³-hybridized carbons (Fsp3) is 0.300. The van der Waals surface area contributed by atoms with Gasteiger partial charge in [0, 0.05) is 12.5 Å². The van der Waals surface area contributed by atoms with Crippen LogP contribution in [0.2, 0.25) is 0 Å². The van der Waals surface area contributed by atoms with E-state index in [1.807, 2.05) is 0 Å². The summed E-state index contributed by atoms with van der Waals surface area (Å²) in [4.78, 5) is 10.1. The highest BCUT2D eigenvalue weighted by molar-refractivity contribution is 5.50. The molecule has 1 N–H and O–H groups in total. The molecule has 1 aromatic carbocycles. The lowest BCUT2D eigenvalue weighted by Crippen LogP contribution is -1.94. The van der Waals surface area contributed by atoms with Crippen LogP contribution in [0.15, 0.2) is 12.1 Å². The predicted molar refractivity (Wildman–Crippen MR) is 49.0 cm³/mol. The van der Waals surface area contributed by atoms with Gasteiger partial charge in [0.15, 0.2) is 11.6 Å². The fourth-order valence-corrected chi connectivity index (χ4v) is 1.15. The van der Waals surface area contributed by atoms with Crippen molar-refractivity contribution in [2.45, 2.75) is 12.8 Å². The summed E-state index contributed by atoms with van der Waals surface area (Å²) >= 11 is 0. The van der Waals surface area contributed by atoms with Crippen molar-refractivity contribution in [3.05, 3.63) is 23.5 Å². The van der Waals surface area contributed by atoms with Gasteiger partial charge in [0.1, 0.15) is 12.0 Å². The molecule has 0 amide bonds. The Kier molecular flexibility index (Phi) is 3.45. The highest BCUT2D eigenvalue weighted by Crippen LogP contribution is 2.26. The third-order valence-electron chi connectivity index (χ3n) is 1.87. The standard InChI is InChI=1S/C10H11FO3/c1-14-8-5-7(3-2-4-12)10(11)9(13)6-8/h4-6,13H,2-3H2,1H3. The number of phenols is 1. The number of rotatable bonds is 4. The first-order chi connectivity index (χ1) is 6.69. The average Bonchev–Trinajstić information content (AvgIpc) is 2.20. The summed E-state index contributed by atoms with van der Waals surface area (Å²) in [6.07, 6.45) is 1.19. The molecule has 0 fully saturated rings. The number of halogens is 1. The minimum Gasteiger partial charge on any atom is -0.505 e. The van der Waals surface area contributed by atoms with E-state index in [1.54, 1.807) is 0 Å². The molecular weight excluding hydrogens is 187 g/mol. The van der Waals surface area contributed by atoms with Crippen molar-refractivity contribution in [1.82, 2.24) is 0 Å². The Morgan fingerprint density at radius 2 is 2.29 bits per heavy atom. The number of carbonyl (C=O) groups excluding carboxylic acids is 1. The molecule has 0 spiro atoms. The van der Waals surface area contributed by atoms with E-state index < -0.39 is 11.6 Å². The van der Waals surface area contributed by atoms with Gasteiger partial charge in [0.2, 0.25) is 0 Å². The van der Waals surface area contributed by atoms with Crippen LogP contribution in [0.5, 0.6) is 11.5 Å². The number of ether oxygens (including phenoxy) is 1. The number of hydrogen-bond acceptors (Lipinski definition) is 3. The predicted octanol–water partition coefficient (Wildman–Crippen LogP) is 1.67. The lowest BCUT2D eigenvalue weighted by molar-refractivity contribution is -0.107. The molecule has 1 aromatic rings. The molecule has 0 aliphatic heterocycles. The summed E-state index contributed by atoms with van der Waals surface area (Å²) in [6, 6.07) is 2.66. The lowest BCUT2D eigenvalue weighted by atomic mass is 10.1. The second-order valence-electron chi connectivity index (χ2n) is 2.82. The molecule has 0 aliphatic rings. The molecule has 0 unspecified atom stereocenters. The molecule has 0 aromatic heterocycles. The number of aryl methyl sites for hydroxylation is 1. The summed E-state index contributed by atoms with van der Waals surface area (Å²) in [5.41, 5.74) is 0.286. The van der Waals surface area contributed by atoms with Crippen molar-refractivity contribution >= 4 is 6.29 Å². The summed E-state index contributed by atoms with van der Waals surface area (Å²) < 4.78 is 18.1. The minimum atomic E-state index is -0.687. The molecule has 0 radical (unpaired) electrons. The van der Waals surface area contributed by atoms with E-state index in [9.17, 15) is 9.18 Å². The first-order valence-corrected chi connectivity index (χ1v) is 4.18. The zero-order valence-electron chi connectivity index (χ0n) is 7.79. The van der Waals surface area contributed by atoms with E-state index in [-0.39, 0.29) is 18.4 Å². The molecule has 0 aliphatic carbocycles. The van der Waals surface area contributed by atoms with Crippen LogP contribution in [0.25, 0.3) is 0 Å². The van der Waals surface area contributed by atoms with Crippen molar-refractivity contribution in [3.8, 4) is 11.5 Å². The largest absolute Gasteiger partial charge is 0.505 e. The van der Waals surface area contributed by atoms with E-state index in [2.05, 4.69) is 0 Å². The van der Waals surface area contributed by atoms with E-state index in [0.717, 1.165) is 0 Å². The van der Waals surface area contributed by atoms with Gasteiger partial charge >= 0.3 is 0 Å². The molecule has 0 bridgehead atoms. The summed E-state index contributed by atoms with van der Waals surface area (Å²) in [6.45, 7) is 0. The van der Waals surface area contributed by atoms with Gasteiger partial charge in [-0.3, -0.25) is 0 Å². The van der Waals surface area contributed by atoms with Gasteiger partial charge in [-0.05, 0) is 18.1 Å². The Bertz CT molecular complexity index is 336. The zero-order chi connectivity index (χ0) is 10.6.